The standard InChI is InChI=1S/C27H26BrClN2O/c1-31(2)14-13-27(32,22-11-7-4-8-12-22)24-18-23(28)17-20-16-21(26(29)30-25(20)24)15-19-9-5-3-6-10-19/h3-12,16-18,32H,13-15H2,1-2H3. The molecule has 32 heavy (non-hydrogen) atoms. The lowest BCUT2D eigenvalue weighted by atomic mass is 9.82. The first-order valence-electron chi connectivity index (χ1n) is 10.6. The Balaban J connectivity index is 1.87. The monoisotopic (exact) mass is 508 g/mol. The van der Waals surface area contributed by atoms with Crippen molar-refractivity contribution >= 4 is 38.4 Å². The lowest BCUT2D eigenvalue weighted by Crippen LogP contribution is -2.32. The number of nitrogens with zero attached hydrogens (tertiary/aromatic N) is 2. The van der Waals surface area contributed by atoms with Crippen LogP contribution in [0.2, 0.25) is 5.15 Å². The summed E-state index contributed by atoms with van der Waals surface area (Å²) in [4.78, 5) is 6.88. The van der Waals surface area contributed by atoms with E-state index in [0.29, 0.717) is 18.0 Å². The van der Waals surface area contributed by atoms with Gasteiger partial charge in [-0.3, -0.25) is 0 Å². The molecule has 0 saturated heterocycles. The molecule has 1 atom stereocenters. The van der Waals surface area contributed by atoms with Gasteiger partial charge in [0.1, 0.15) is 10.8 Å². The van der Waals surface area contributed by atoms with E-state index in [1.165, 1.54) is 5.56 Å². The predicted octanol–water partition coefficient (Wildman–Crippen LogP) is 6.43. The maximum Gasteiger partial charge on any atom is 0.133 e. The van der Waals surface area contributed by atoms with Crippen molar-refractivity contribution in [2.75, 3.05) is 20.6 Å². The molecule has 3 aromatic carbocycles. The van der Waals surface area contributed by atoms with Gasteiger partial charge in [0.15, 0.2) is 0 Å². The number of pyridine rings is 1. The zero-order valence-electron chi connectivity index (χ0n) is 18.2. The van der Waals surface area contributed by atoms with Crippen LogP contribution in [0.3, 0.4) is 0 Å². The molecule has 0 bridgehead atoms. The normalized spacial score (nSPS) is 13.4. The molecule has 1 heterocycles. The number of rotatable bonds is 7. The van der Waals surface area contributed by atoms with E-state index in [4.69, 9.17) is 16.6 Å². The van der Waals surface area contributed by atoms with Crippen molar-refractivity contribution in [3.8, 4) is 0 Å². The van der Waals surface area contributed by atoms with Crippen molar-refractivity contribution in [3.63, 3.8) is 0 Å². The summed E-state index contributed by atoms with van der Waals surface area (Å²) >= 11 is 10.3. The second-order valence-electron chi connectivity index (χ2n) is 8.41. The van der Waals surface area contributed by atoms with Gasteiger partial charge in [-0.2, -0.15) is 0 Å². The number of benzene rings is 3. The number of aromatic nitrogens is 1. The lowest BCUT2D eigenvalue weighted by Gasteiger charge is -2.31. The second kappa shape index (κ2) is 9.72. The zero-order chi connectivity index (χ0) is 22.7. The number of hydrogen-bond acceptors (Lipinski definition) is 3. The first-order valence-corrected chi connectivity index (χ1v) is 11.8. The van der Waals surface area contributed by atoms with Crippen molar-refractivity contribution in [3.05, 3.63) is 111 Å². The van der Waals surface area contributed by atoms with Gasteiger partial charge in [0.2, 0.25) is 0 Å². The smallest absolute Gasteiger partial charge is 0.133 e. The summed E-state index contributed by atoms with van der Waals surface area (Å²) in [6.07, 6.45) is 1.23. The highest BCUT2D eigenvalue weighted by Crippen LogP contribution is 2.39. The fraction of sp³-hybridized carbons (Fsp3) is 0.222. The number of halogens is 2. The number of aliphatic hydroxyl groups is 1. The van der Waals surface area contributed by atoms with Crippen LogP contribution in [-0.2, 0) is 12.0 Å². The van der Waals surface area contributed by atoms with Crippen LogP contribution in [-0.4, -0.2) is 35.6 Å². The maximum absolute atomic E-state index is 12.1. The Morgan fingerprint density at radius 3 is 2.28 bits per heavy atom. The quantitative estimate of drug-likeness (QED) is 0.292. The van der Waals surface area contributed by atoms with Crippen LogP contribution in [0.1, 0.15) is 28.7 Å². The van der Waals surface area contributed by atoms with Gasteiger partial charge in [-0.05, 0) is 55.4 Å². The molecule has 1 N–H and O–H groups in total. The average molecular weight is 510 g/mol. The Bertz CT molecular complexity index is 1210. The summed E-state index contributed by atoms with van der Waals surface area (Å²) in [5.41, 5.74) is 3.25. The van der Waals surface area contributed by atoms with Gasteiger partial charge < -0.3 is 10.0 Å². The number of hydrogen-bond donors (Lipinski definition) is 1. The van der Waals surface area contributed by atoms with Crippen molar-refractivity contribution in [1.82, 2.24) is 9.88 Å². The van der Waals surface area contributed by atoms with E-state index in [1.54, 1.807) is 0 Å². The van der Waals surface area contributed by atoms with Crippen molar-refractivity contribution in [2.45, 2.75) is 18.4 Å². The third-order valence-corrected chi connectivity index (χ3v) is 6.55. The molecular weight excluding hydrogens is 484 g/mol. The fourth-order valence-electron chi connectivity index (χ4n) is 4.06. The topological polar surface area (TPSA) is 36.4 Å². The minimum atomic E-state index is -1.20. The third kappa shape index (κ3) is 4.89. The second-order valence-corrected chi connectivity index (χ2v) is 9.68. The molecule has 0 saturated carbocycles. The van der Waals surface area contributed by atoms with E-state index in [9.17, 15) is 5.11 Å². The molecule has 1 unspecified atom stereocenters. The minimum Gasteiger partial charge on any atom is -0.380 e. The van der Waals surface area contributed by atoms with E-state index in [-0.39, 0.29) is 0 Å². The number of fused-ring (bicyclic) bond motifs is 1. The predicted molar refractivity (Wildman–Crippen MR) is 136 cm³/mol. The molecule has 0 radical (unpaired) electrons. The van der Waals surface area contributed by atoms with Gasteiger partial charge in [-0.1, -0.05) is 88.2 Å². The Labute approximate surface area is 202 Å². The summed E-state index contributed by atoms with van der Waals surface area (Å²) in [5.74, 6) is 0. The molecule has 1 aromatic heterocycles. The molecule has 0 aliphatic heterocycles. The first-order chi connectivity index (χ1) is 15.4. The van der Waals surface area contributed by atoms with Crippen molar-refractivity contribution < 1.29 is 5.11 Å². The highest BCUT2D eigenvalue weighted by atomic mass is 79.9. The average Bonchev–Trinajstić information content (AvgIpc) is 2.79. The molecule has 0 amide bonds. The molecule has 0 fully saturated rings. The van der Waals surface area contributed by atoms with Gasteiger partial charge in [-0.15, -0.1) is 0 Å². The minimum absolute atomic E-state index is 0.466. The molecule has 0 aliphatic carbocycles. The Morgan fingerprint density at radius 2 is 1.62 bits per heavy atom. The molecule has 164 valence electrons. The van der Waals surface area contributed by atoms with E-state index in [1.807, 2.05) is 74.8 Å². The molecule has 5 heteroatoms. The van der Waals surface area contributed by atoms with Crippen LogP contribution in [0, 0.1) is 0 Å². The van der Waals surface area contributed by atoms with E-state index in [2.05, 4.69) is 39.0 Å². The summed E-state index contributed by atoms with van der Waals surface area (Å²) in [6.45, 7) is 0.721. The van der Waals surface area contributed by atoms with Crippen molar-refractivity contribution in [1.29, 1.82) is 0 Å². The largest absolute Gasteiger partial charge is 0.380 e. The molecule has 4 rings (SSSR count). The molecule has 0 spiro atoms. The van der Waals surface area contributed by atoms with Crippen molar-refractivity contribution in [2.24, 2.45) is 0 Å². The summed E-state index contributed by atoms with van der Waals surface area (Å²) in [7, 11) is 4.02. The summed E-state index contributed by atoms with van der Waals surface area (Å²) in [6, 6.07) is 26.1. The van der Waals surface area contributed by atoms with E-state index in [0.717, 1.165) is 38.6 Å². The molecule has 4 aromatic rings. The van der Waals surface area contributed by atoms with Crippen LogP contribution in [0.15, 0.2) is 83.3 Å². The molecular formula is C27H26BrClN2O. The van der Waals surface area contributed by atoms with Gasteiger partial charge in [0, 0.05) is 28.4 Å². The molecule has 3 nitrogen and oxygen atoms in total. The van der Waals surface area contributed by atoms with Gasteiger partial charge >= 0.3 is 0 Å². The summed E-state index contributed by atoms with van der Waals surface area (Å²) in [5, 5.41) is 13.5. The van der Waals surface area contributed by atoms with Crippen LogP contribution < -0.4 is 0 Å². The lowest BCUT2D eigenvalue weighted by molar-refractivity contribution is 0.0641. The summed E-state index contributed by atoms with van der Waals surface area (Å²) < 4.78 is 0.897. The SMILES string of the molecule is CN(C)CCC(O)(c1ccccc1)c1cc(Br)cc2cc(Cc3ccccc3)c(Cl)nc12. The van der Waals surface area contributed by atoms with Gasteiger partial charge in [-0.25, -0.2) is 4.98 Å². The van der Waals surface area contributed by atoms with Crippen LogP contribution in [0.4, 0.5) is 0 Å². The molecule has 0 aliphatic rings. The fourth-order valence-corrected chi connectivity index (χ4v) is 4.74. The zero-order valence-corrected chi connectivity index (χ0v) is 20.6. The van der Waals surface area contributed by atoms with Gasteiger partial charge in [0.05, 0.1) is 5.52 Å². The Morgan fingerprint density at radius 1 is 0.969 bits per heavy atom. The Kier molecular flexibility index (Phi) is 6.96. The van der Waals surface area contributed by atoms with Crippen LogP contribution in [0.5, 0.6) is 0 Å². The Hall–Kier alpha value is -2.24. The van der Waals surface area contributed by atoms with E-state index >= 15 is 0 Å². The van der Waals surface area contributed by atoms with E-state index < -0.39 is 5.60 Å². The van der Waals surface area contributed by atoms with Crippen LogP contribution in [0.25, 0.3) is 10.9 Å². The maximum atomic E-state index is 12.1. The third-order valence-electron chi connectivity index (χ3n) is 5.76. The van der Waals surface area contributed by atoms with Crippen LogP contribution >= 0.6 is 27.5 Å². The van der Waals surface area contributed by atoms with Gasteiger partial charge in [0.25, 0.3) is 0 Å². The highest BCUT2D eigenvalue weighted by Gasteiger charge is 2.34. The highest BCUT2D eigenvalue weighted by molar-refractivity contribution is 9.10. The first kappa shape index (κ1) is 22.9.